The molecule has 0 aliphatic carbocycles. The molecule has 0 aromatic heterocycles. The molecule has 0 heterocycles. The zero-order chi connectivity index (χ0) is 27.0. The van der Waals surface area contributed by atoms with Gasteiger partial charge in [-0.15, -0.1) is 0 Å². The third-order valence-corrected chi connectivity index (χ3v) is 7.03. The summed E-state index contributed by atoms with van der Waals surface area (Å²) in [5.74, 6) is -1.50. The van der Waals surface area contributed by atoms with Crippen molar-refractivity contribution in [1.82, 2.24) is 10.2 Å². The molecule has 3 rings (SSSR count). The summed E-state index contributed by atoms with van der Waals surface area (Å²) < 4.78 is 39.7. The summed E-state index contributed by atoms with van der Waals surface area (Å²) in [4.78, 5) is 28.4. The van der Waals surface area contributed by atoms with Crippen molar-refractivity contribution in [3.63, 3.8) is 0 Å². The molecule has 0 saturated heterocycles. The number of amides is 2. The molecule has 37 heavy (non-hydrogen) atoms. The largest absolute Gasteiger partial charge is 0.355 e. The molecule has 7 nitrogen and oxygen atoms in total. The molecule has 0 spiro atoms. The third kappa shape index (κ3) is 8.03. The second kappa shape index (κ2) is 12.7. The summed E-state index contributed by atoms with van der Waals surface area (Å²) in [5, 5.41) is 3.25. The first-order chi connectivity index (χ1) is 17.6. The molecule has 10 heteroatoms. The lowest BCUT2D eigenvalue weighted by Gasteiger charge is -2.33. The predicted octanol–water partition coefficient (Wildman–Crippen LogP) is 4.02. The molecule has 1 N–H and O–H groups in total. The molecule has 0 fully saturated rings. The molecular formula is C27H29ClFN3O4S. The van der Waals surface area contributed by atoms with Gasteiger partial charge in [0.2, 0.25) is 21.8 Å². The fraction of sp³-hybridized carbons (Fsp3) is 0.259. The van der Waals surface area contributed by atoms with E-state index >= 15 is 0 Å². The lowest BCUT2D eigenvalue weighted by Crippen LogP contribution is -2.53. The highest BCUT2D eigenvalue weighted by Gasteiger charge is 2.32. The number of rotatable bonds is 11. The first-order valence-electron chi connectivity index (χ1n) is 11.7. The molecule has 1 atom stereocenters. The summed E-state index contributed by atoms with van der Waals surface area (Å²) in [6.45, 7) is 1.58. The lowest BCUT2D eigenvalue weighted by atomic mass is 10.0. The van der Waals surface area contributed by atoms with Crippen LogP contribution in [0.3, 0.4) is 0 Å². The predicted molar refractivity (Wildman–Crippen MR) is 143 cm³/mol. The summed E-state index contributed by atoms with van der Waals surface area (Å²) in [6, 6.07) is 20.0. The number of likely N-dealkylation sites (N-methyl/N-ethyl adjacent to an activating group) is 1. The van der Waals surface area contributed by atoms with Crippen molar-refractivity contribution in [2.45, 2.75) is 25.9 Å². The van der Waals surface area contributed by atoms with E-state index < -0.39 is 34.3 Å². The van der Waals surface area contributed by atoms with E-state index in [9.17, 15) is 22.4 Å². The molecule has 0 bridgehead atoms. The van der Waals surface area contributed by atoms with Crippen LogP contribution in [0.1, 0.15) is 18.1 Å². The maximum absolute atomic E-state index is 13.8. The van der Waals surface area contributed by atoms with E-state index in [1.165, 1.54) is 17.0 Å². The van der Waals surface area contributed by atoms with Crippen molar-refractivity contribution in [3.8, 4) is 0 Å². The molecule has 0 saturated carbocycles. The highest BCUT2D eigenvalue weighted by atomic mass is 35.5. The molecule has 0 unspecified atom stereocenters. The number of nitrogens with zero attached hydrogens (tertiary/aromatic N) is 2. The monoisotopic (exact) mass is 545 g/mol. The van der Waals surface area contributed by atoms with Crippen molar-refractivity contribution >= 4 is 39.1 Å². The summed E-state index contributed by atoms with van der Waals surface area (Å²) >= 11 is 6.17. The number of sulfonamides is 1. The van der Waals surface area contributed by atoms with Crippen LogP contribution in [0.4, 0.5) is 10.1 Å². The summed E-state index contributed by atoms with van der Waals surface area (Å²) in [7, 11) is -3.91. The first-order valence-corrected chi connectivity index (χ1v) is 13.9. The molecule has 0 aliphatic rings. The van der Waals surface area contributed by atoms with Crippen LogP contribution in [0.15, 0.2) is 78.9 Å². The van der Waals surface area contributed by atoms with Crippen molar-refractivity contribution in [2.75, 3.05) is 23.7 Å². The van der Waals surface area contributed by atoms with Crippen LogP contribution < -0.4 is 9.62 Å². The Morgan fingerprint density at radius 1 is 0.973 bits per heavy atom. The summed E-state index contributed by atoms with van der Waals surface area (Å²) in [5.41, 5.74) is 1.65. The van der Waals surface area contributed by atoms with Crippen molar-refractivity contribution in [2.24, 2.45) is 0 Å². The fourth-order valence-electron chi connectivity index (χ4n) is 3.90. The Balaban J connectivity index is 2.03. The number of halogens is 2. The highest BCUT2D eigenvalue weighted by Crippen LogP contribution is 2.21. The lowest BCUT2D eigenvalue weighted by molar-refractivity contribution is -0.140. The van der Waals surface area contributed by atoms with E-state index in [0.29, 0.717) is 17.1 Å². The molecule has 2 amide bonds. The number of hydrogen-bond donors (Lipinski definition) is 1. The van der Waals surface area contributed by atoms with Gasteiger partial charge in [-0.05, 0) is 54.4 Å². The van der Waals surface area contributed by atoms with E-state index in [0.717, 1.165) is 28.3 Å². The van der Waals surface area contributed by atoms with Gasteiger partial charge in [-0.2, -0.15) is 0 Å². The van der Waals surface area contributed by atoms with Gasteiger partial charge in [-0.25, -0.2) is 12.8 Å². The number of hydrogen-bond acceptors (Lipinski definition) is 4. The third-order valence-electron chi connectivity index (χ3n) is 5.66. The van der Waals surface area contributed by atoms with Crippen LogP contribution in [0.25, 0.3) is 0 Å². The Labute approximate surface area is 221 Å². The molecule has 0 radical (unpaired) electrons. The number of anilines is 1. The van der Waals surface area contributed by atoms with E-state index in [4.69, 9.17) is 11.6 Å². The van der Waals surface area contributed by atoms with Crippen LogP contribution in [-0.2, 0) is 32.6 Å². The van der Waals surface area contributed by atoms with E-state index in [-0.39, 0.29) is 24.6 Å². The van der Waals surface area contributed by atoms with Crippen LogP contribution >= 0.6 is 11.6 Å². The Kier molecular flexibility index (Phi) is 9.66. The van der Waals surface area contributed by atoms with Crippen molar-refractivity contribution in [1.29, 1.82) is 0 Å². The van der Waals surface area contributed by atoms with Gasteiger partial charge in [0.1, 0.15) is 18.4 Å². The second-order valence-corrected chi connectivity index (χ2v) is 10.8. The average Bonchev–Trinajstić information content (AvgIpc) is 2.85. The normalized spacial score (nSPS) is 12.0. The van der Waals surface area contributed by atoms with Gasteiger partial charge in [0.25, 0.3) is 0 Å². The van der Waals surface area contributed by atoms with Gasteiger partial charge >= 0.3 is 0 Å². The number of nitrogens with one attached hydrogen (secondary N) is 1. The minimum Gasteiger partial charge on any atom is -0.355 e. The Bertz CT molecular complexity index is 1320. The van der Waals surface area contributed by atoms with E-state index in [1.54, 1.807) is 31.2 Å². The maximum atomic E-state index is 13.8. The minimum atomic E-state index is -3.91. The quantitative estimate of drug-likeness (QED) is 0.394. The maximum Gasteiger partial charge on any atom is 0.244 e. The molecule has 3 aromatic carbocycles. The zero-order valence-corrected chi connectivity index (χ0v) is 22.2. The smallest absolute Gasteiger partial charge is 0.244 e. The van der Waals surface area contributed by atoms with Gasteiger partial charge in [0.15, 0.2) is 0 Å². The summed E-state index contributed by atoms with van der Waals surface area (Å²) in [6.07, 6.45) is 1.19. The van der Waals surface area contributed by atoms with Crippen LogP contribution in [0.5, 0.6) is 0 Å². The highest BCUT2D eigenvalue weighted by molar-refractivity contribution is 7.92. The van der Waals surface area contributed by atoms with Gasteiger partial charge in [-0.3, -0.25) is 13.9 Å². The van der Waals surface area contributed by atoms with E-state index in [1.807, 2.05) is 30.3 Å². The van der Waals surface area contributed by atoms with Crippen LogP contribution in [0, 0.1) is 5.82 Å². The molecule has 3 aromatic rings. The zero-order valence-electron chi connectivity index (χ0n) is 20.6. The number of carbonyl (C=O) groups excluding carboxylic acids is 2. The van der Waals surface area contributed by atoms with Gasteiger partial charge in [0.05, 0.1) is 11.9 Å². The number of carbonyl (C=O) groups is 2. The molecule has 196 valence electrons. The average molecular weight is 546 g/mol. The first kappa shape index (κ1) is 28.1. The van der Waals surface area contributed by atoms with Gasteiger partial charge in [0, 0.05) is 24.5 Å². The minimum absolute atomic E-state index is 0.0229. The second-order valence-electron chi connectivity index (χ2n) is 8.50. The van der Waals surface area contributed by atoms with Crippen molar-refractivity contribution in [3.05, 3.63) is 101 Å². The Morgan fingerprint density at radius 2 is 1.62 bits per heavy atom. The molecule has 0 aliphatic heterocycles. The standard InChI is InChI=1S/C27H29ClFN3O4S/c1-3-30-27(34)25(17-20-8-5-4-6-9-20)31(18-21-10-7-11-22(28)16-21)26(33)19-32(37(2,35)36)24-14-12-23(29)13-15-24/h4-16,25H,3,17-19H2,1-2H3,(H,30,34)/t25-/m1/s1. The Morgan fingerprint density at radius 3 is 2.22 bits per heavy atom. The van der Waals surface area contributed by atoms with Gasteiger partial charge < -0.3 is 10.2 Å². The SMILES string of the molecule is CCNC(=O)[C@@H](Cc1ccccc1)N(Cc1cccc(Cl)c1)C(=O)CN(c1ccc(F)cc1)S(C)(=O)=O. The Hall–Kier alpha value is -3.43. The fourth-order valence-corrected chi connectivity index (χ4v) is 4.96. The number of benzene rings is 3. The van der Waals surface area contributed by atoms with E-state index in [2.05, 4.69) is 5.32 Å². The molecular weight excluding hydrogens is 517 g/mol. The van der Waals surface area contributed by atoms with Gasteiger partial charge in [-0.1, -0.05) is 54.1 Å². The van der Waals surface area contributed by atoms with Crippen molar-refractivity contribution < 1.29 is 22.4 Å². The van der Waals surface area contributed by atoms with Crippen LogP contribution in [0.2, 0.25) is 5.02 Å². The topological polar surface area (TPSA) is 86.8 Å². The van der Waals surface area contributed by atoms with Crippen LogP contribution in [-0.4, -0.2) is 50.5 Å².